The van der Waals surface area contributed by atoms with Gasteiger partial charge in [-0.15, -0.1) is 22.9 Å². The summed E-state index contributed by atoms with van der Waals surface area (Å²) >= 11 is 10.7. The first-order valence-corrected chi connectivity index (χ1v) is 8.54. The topological polar surface area (TPSA) is 9.23 Å². The van der Waals surface area contributed by atoms with E-state index in [0.717, 1.165) is 27.6 Å². The molecule has 4 heteroatoms. The highest BCUT2D eigenvalue weighted by Gasteiger charge is 2.16. The molecular weight excluding hydrogens is 403 g/mol. The molecule has 0 amide bonds. The van der Waals surface area contributed by atoms with Crippen molar-refractivity contribution in [3.05, 3.63) is 61.9 Å². The van der Waals surface area contributed by atoms with Gasteiger partial charge in [-0.2, -0.15) is 0 Å². The van der Waals surface area contributed by atoms with Gasteiger partial charge in [-0.05, 0) is 56.6 Å². The third-order valence-corrected chi connectivity index (χ3v) is 5.59. The fourth-order valence-electron chi connectivity index (χ4n) is 2.33. The molecule has 1 aromatic heterocycles. The van der Waals surface area contributed by atoms with E-state index in [9.17, 15) is 0 Å². The van der Waals surface area contributed by atoms with E-state index in [1.54, 1.807) is 18.4 Å². The summed E-state index contributed by atoms with van der Waals surface area (Å²) in [7, 11) is 1.70. The maximum absolute atomic E-state index is 6.68. The van der Waals surface area contributed by atoms with Crippen LogP contribution in [0.3, 0.4) is 0 Å². The largest absolute Gasteiger partial charge is 0.496 e. The van der Waals surface area contributed by atoms with E-state index in [2.05, 4.69) is 52.2 Å². The van der Waals surface area contributed by atoms with Crippen molar-refractivity contribution < 1.29 is 4.74 Å². The molecular formula is C16H12ClIOS. The van der Waals surface area contributed by atoms with Gasteiger partial charge in [0.15, 0.2) is 0 Å². The SMILES string of the molecule is COc1ccc(C(Cl)c2csc(I)c2)c2ccccc12. The van der Waals surface area contributed by atoms with Crippen molar-refractivity contribution in [3.8, 4) is 5.75 Å². The molecule has 0 saturated heterocycles. The molecule has 0 aliphatic rings. The van der Waals surface area contributed by atoms with E-state index in [-0.39, 0.29) is 5.38 Å². The minimum absolute atomic E-state index is 0.134. The fraction of sp³-hybridized carbons (Fsp3) is 0.125. The van der Waals surface area contributed by atoms with Gasteiger partial charge in [0.05, 0.1) is 15.4 Å². The third-order valence-electron chi connectivity index (χ3n) is 3.29. The fourth-order valence-corrected chi connectivity index (χ4v) is 4.12. The van der Waals surface area contributed by atoms with E-state index in [0.29, 0.717) is 0 Å². The minimum Gasteiger partial charge on any atom is -0.496 e. The van der Waals surface area contributed by atoms with E-state index >= 15 is 0 Å². The van der Waals surface area contributed by atoms with Gasteiger partial charge in [0.1, 0.15) is 5.75 Å². The number of methoxy groups -OCH3 is 1. The predicted molar refractivity (Wildman–Crippen MR) is 95.2 cm³/mol. The Bertz CT molecular complexity index is 753. The van der Waals surface area contributed by atoms with E-state index in [1.807, 2.05) is 18.2 Å². The van der Waals surface area contributed by atoms with Gasteiger partial charge in [-0.1, -0.05) is 30.3 Å². The van der Waals surface area contributed by atoms with Crippen LogP contribution in [-0.4, -0.2) is 7.11 Å². The molecule has 2 aromatic carbocycles. The Balaban J connectivity index is 2.17. The zero-order valence-electron chi connectivity index (χ0n) is 10.8. The first kappa shape index (κ1) is 14.2. The molecule has 0 radical (unpaired) electrons. The van der Waals surface area contributed by atoms with Crippen LogP contribution in [0.25, 0.3) is 10.8 Å². The van der Waals surface area contributed by atoms with Gasteiger partial charge in [-0.25, -0.2) is 0 Å². The quantitative estimate of drug-likeness (QED) is 0.386. The highest BCUT2D eigenvalue weighted by atomic mass is 127. The lowest BCUT2D eigenvalue weighted by molar-refractivity contribution is 0.419. The Morgan fingerprint density at radius 2 is 1.90 bits per heavy atom. The summed E-state index contributed by atoms with van der Waals surface area (Å²) in [5.41, 5.74) is 2.27. The second-order valence-electron chi connectivity index (χ2n) is 4.45. The van der Waals surface area contributed by atoms with Gasteiger partial charge >= 0.3 is 0 Å². The molecule has 102 valence electrons. The summed E-state index contributed by atoms with van der Waals surface area (Å²) in [5.74, 6) is 0.883. The zero-order valence-corrected chi connectivity index (χ0v) is 14.5. The van der Waals surface area contributed by atoms with E-state index < -0.39 is 0 Å². The molecule has 1 heterocycles. The van der Waals surface area contributed by atoms with Gasteiger partial charge in [-0.3, -0.25) is 0 Å². The van der Waals surface area contributed by atoms with Crippen LogP contribution in [0.5, 0.6) is 5.75 Å². The number of thiophene rings is 1. The summed E-state index contributed by atoms with van der Waals surface area (Å²) in [6.45, 7) is 0. The van der Waals surface area contributed by atoms with Crippen molar-refractivity contribution in [2.24, 2.45) is 0 Å². The van der Waals surface area contributed by atoms with Crippen LogP contribution in [0.1, 0.15) is 16.5 Å². The number of rotatable bonds is 3. The molecule has 3 rings (SSSR count). The third kappa shape index (κ3) is 2.54. The van der Waals surface area contributed by atoms with Crippen molar-refractivity contribution in [1.29, 1.82) is 0 Å². The molecule has 0 spiro atoms. The second kappa shape index (κ2) is 5.92. The maximum atomic E-state index is 6.68. The van der Waals surface area contributed by atoms with E-state index in [4.69, 9.17) is 16.3 Å². The molecule has 0 bridgehead atoms. The van der Waals surface area contributed by atoms with E-state index in [1.165, 1.54) is 2.88 Å². The predicted octanol–water partition coefficient (Wildman–Crippen LogP) is 5.84. The van der Waals surface area contributed by atoms with Gasteiger partial charge in [0, 0.05) is 5.39 Å². The van der Waals surface area contributed by atoms with Crippen LogP contribution in [0.4, 0.5) is 0 Å². The molecule has 1 unspecified atom stereocenters. The first-order chi connectivity index (χ1) is 9.70. The summed E-state index contributed by atoms with van der Waals surface area (Å²) < 4.78 is 6.68. The van der Waals surface area contributed by atoms with Crippen molar-refractivity contribution >= 4 is 56.3 Å². The number of hydrogen-bond donors (Lipinski definition) is 0. The average Bonchev–Trinajstić information content (AvgIpc) is 2.92. The van der Waals surface area contributed by atoms with Crippen molar-refractivity contribution in [2.75, 3.05) is 7.11 Å². The average molecular weight is 415 g/mol. The van der Waals surface area contributed by atoms with Crippen LogP contribution in [0.15, 0.2) is 47.8 Å². The lowest BCUT2D eigenvalue weighted by Crippen LogP contribution is -1.94. The molecule has 0 aliphatic heterocycles. The summed E-state index contributed by atoms with van der Waals surface area (Å²) in [6, 6.07) is 14.4. The number of ether oxygens (including phenoxy) is 1. The Hall–Kier alpha value is -0.780. The number of fused-ring (bicyclic) bond motifs is 1. The number of halogens is 2. The normalized spacial score (nSPS) is 12.6. The highest BCUT2D eigenvalue weighted by molar-refractivity contribution is 14.1. The molecule has 20 heavy (non-hydrogen) atoms. The maximum Gasteiger partial charge on any atom is 0.126 e. The van der Waals surface area contributed by atoms with Gasteiger partial charge in [0.2, 0.25) is 0 Å². The zero-order chi connectivity index (χ0) is 14.1. The highest BCUT2D eigenvalue weighted by Crippen LogP contribution is 2.38. The Kier molecular flexibility index (Phi) is 4.19. The smallest absolute Gasteiger partial charge is 0.126 e. The first-order valence-electron chi connectivity index (χ1n) is 6.14. The number of hydrogen-bond acceptors (Lipinski definition) is 2. The van der Waals surface area contributed by atoms with Crippen LogP contribution < -0.4 is 4.74 Å². The molecule has 0 fully saturated rings. The van der Waals surface area contributed by atoms with Crippen molar-refractivity contribution in [3.63, 3.8) is 0 Å². The van der Waals surface area contributed by atoms with Crippen molar-refractivity contribution in [2.45, 2.75) is 5.38 Å². The minimum atomic E-state index is -0.134. The van der Waals surface area contributed by atoms with Gasteiger partial charge < -0.3 is 4.74 Å². The molecule has 1 atom stereocenters. The monoisotopic (exact) mass is 414 g/mol. The lowest BCUT2D eigenvalue weighted by Gasteiger charge is -2.14. The Labute approximate surface area is 140 Å². The molecule has 0 N–H and O–H groups in total. The summed E-state index contributed by atoms with van der Waals surface area (Å²) in [6.07, 6.45) is 0. The van der Waals surface area contributed by atoms with Crippen molar-refractivity contribution in [1.82, 2.24) is 0 Å². The number of alkyl halides is 1. The van der Waals surface area contributed by atoms with Crippen LogP contribution in [0, 0.1) is 2.88 Å². The lowest BCUT2D eigenvalue weighted by atomic mass is 9.98. The molecule has 1 nitrogen and oxygen atoms in total. The Morgan fingerprint density at radius 3 is 2.55 bits per heavy atom. The van der Waals surface area contributed by atoms with Crippen LogP contribution in [0.2, 0.25) is 0 Å². The molecule has 0 aliphatic carbocycles. The van der Waals surface area contributed by atoms with Crippen LogP contribution >= 0.6 is 45.5 Å². The van der Waals surface area contributed by atoms with Gasteiger partial charge in [0.25, 0.3) is 0 Å². The summed E-state index contributed by atoms with van der Waals surface area (Å²) in [5, 5.41) is 4.24. The van der Waals surface area contributed by atoms with Crippen LogP contribution in [-0.2, 0) is 0 Å². The number of benzene rings is 2. The molecule has 3 aromatic rings. The Morgan fingerprint density at radius 1 is 1.15 bits per heavy atom. The summed E-state index contributed by atoms with van der Waals surface area (Å²) in [4.78, 5) is 0. The second-order valence-corrected chi connectivity index (χ2v) is 7.69. The molecule has 0 saturated carbocycles. The standard InChI is InChI=1S/C16H12ClIOS/c1-19-14-7-6-13(11-4-2-3-5-12(11)14)16(17)10-8-15(18)20-9-10/h2-9,16H,1H3.